The van der Waals surface area contributed by atoms with Crippen molar-refractivity contribution < 1.29 is 14.3 Å². The molecule has 8 heteroatoms. The number of rotatable bonds is 4. The Hall–Kier alpha value is -2.38. The maximum absolute atomic E-state index is 13.4. The zero-order valence-electron chi connectivity index (χ0n) is 17.3. The molecule has 6 nitrogen and oxygen atoms in total. The third kappa shape index (κ3) is 3.53. The molecule has 2 aromatic rings. The van der Waals surface area contributed by atoms with Crippen LogP contribution >= 0.6 is 11.6 Å². The van der Waals surface area contributed by atoms with E-state index in [-0.39, 0.29) is 23.0 Å². The number of hydrogen-bond donors (Lipinski definition) is 1. The van der Waals surface area contributed by atoms with Crippen LogP contribution in [0.15, 0.2) is 42.2 Å². The van der Waals surface area contributed by atoms with Crippen molar-refractivity contribution in [2.75, 3.05) is 23.0 Å². The lowest BCUT2D eigenvalue weighted by atomic mass is 9.71. The van der Waals surface area contributed by atoms with Gasteiger partial charge in [0.05, 0.1) is 28.9 Å². The number of carbonyl (C=O) groups is 1. The number of amides is 1. The van der Waals surface area contributed by atoms with Crippen molar-refractivity contribution in [1.29, 1.82) is 0 Å². The number of fused-ring (bicyclic) bond motifs is 1. The molecule has 1 spiro atoms. The molecule has 1 saturated heterocycles. The van der Waals surface area contributed by atoms with Gasteiger partial charge in [0, 0.05) is 31.5 Å². The smallest absolute Gasteiger partial charge is 0.233 e. The van der Waals surface area contributed by atoms with E-state index in [1.807, 2.05) is 16.9 Å². The van der Waals surface area contributed by atoms with Gasteiger partial charge in [0.15, 0.2) is 0 Å². The molecule has 0 bridgehead atoms. The normalized spacial score (nSPS) is 25.8. The van der Waals surface area contributed by atoms with Crippen LogP contribution in [0.2, 0.25) is 5.02 Å². The minimum Gasteiger partial charge on any atom is -0.396 e. The van der Waals surface area contributed by atoms with Crippen molar-refractivity contribution in [2.24, 2.45) is 5.41 Å². The number of halogens is 2. The van der Waals surface area contributed by atoms with Crippen molar-refractivity contribution in [2.45, 2.75) is 51.1 Å². The maximum atomic E-state index is 13.4. The SMILES string of the molecule is O=C1N(c2ccc(F)cc2Cl)CC[C@]12CC[C@@H](N1C=C(CCO)Cn3nccc31)CC2. The Bertz CT molecular complexity index is 1030. The van der Waals surface area contributed by atoms with Crippen LogP contribution in [0.1, 0.15) is 38.5 Å². The maximum Gasteiger partial charge on any atom is 0.233 e. The lowest BCUT2D eigenvalue weighted by molar-refractivity contribution is -0.127. The number of aliphatic hydroxyl groups is 1. The molecular formula is C23H26ClFN4O2. The Morgan fingerprint density at radius 3 is 2.77 bits per heavy atom. The summed E-state index contributed by atoms with van der Waals surface area (Å²) in [7, 11) is 0. The molecule has 3 heterocycles. The van der Waals surface area contributed by atoms with Crippen LogP contribution < -0.4 is 9.80 Å². The average Bonchev–Trinajstić information content (AvgIpc) is 3.34. The highest BCUT2D eigenvalue weighted by molar-refractivity contribution is 6.34. The van der Waals surface area contributed by atoms with Crippen LogP contribution in [0.5, 0.6) is 0 Å². The average molecular weight is 445 g/mol. The highest BCUT2D eigenvalue weighted by Crippen LogP contribution is 2.48. The minimum absolute atomic E-state index is 0.111. The van der Waals surface area contributed by atoms with E-state index < -0.39 is 5.82 Å². The van der Waals surface area contributed by atoms with Crippen molar-refractivity contribution in [3.05, 3.63) is 53.1 Å². The first-order valence-corrected chi connectivity index (χ1v) is 11.3. The van der Waals surface area contributed by atoms with Gasteiger partial charge in [0.2, 0.25) is 5.91 Å². The molecule has 1 N–H and O–H groups in total. The number of benzene rings is 1. The number of carbonyl (C=O) groups excluding carboxylic acids is 1. The molecule has 0 unspecified atom stereocenters. The molecule has 5 rings (SSSR count). The first kappa shape index (κ1) is 20.5. The molecule has 1 amide bonds. The summed E-state index contributed by atoms with van der Waals surface area (Å²) < 4.78 is 15.4. The number of hydrogen-bond acceptors (Lipinski definition) is 4. The molecule has 1 aromatic carbocycles. The van der Waals surface area contributed by atoms with Crippen molar-refractivity contribution in [3.63, 3.8) is 0 Å². The number of anilines is 2. The molecule has 1 aromatic heterocycles. The number of nitrogens with zero attached hydrogens (tertiary/aromatic N) is 4. The van der Waals surface area contributed by atoms with Crippen molar-refractivity contribution in [3.8, 4) is 0 Å². The van der Waals surface area contributed by atoms with Gasteiger partial charge in [-0.1, -0.05) is 11.6 Å². The van der Waals surface area contributed by atoms with E-state index >= 15 is 0 Å². The van der Waals surface area contributed by atoms with E-state index in [4.69, 9.17) is 11.6 Å². The van der Waals surface area contributed by atoms with Gasteiger partial charge in [0.1, 0.15) is 11.6 Å². The highest BCUT2D eigenvalue weighted by Gasteiger charge is 2.49. The van der Waals surface area contributed by atoms with Gasteiger partial charge in [-0.05, 0) is 62.3 Å². The second kappa shape index (κ2) is 7.95. The lowest BCUT2D eigenvalue weighted by Crippen LogP contribution is -2.44. The molecule has 3 aliphatic rings. The van der Waals surface area contributed by atoms with Crippen LogP contribution in [0.3, 0.4) is 0 Å². The minimum atomic E-state index is -0.398. The Balaban J connectivity index is 1.32. The second-order valence-corrected chi connectivity index (χ2v) is 9.24. The Kier molecular flexibility index (Phi) is 5.26. The summed E-state index contributed by atoms with van der Waals surface area (Å²) in [6.45, 7) is 1.45. The predicted octanol–water partition coefficient (Wildman–Crippen LogP) is 4.13. The quantitative estimate of drug-likeness (QED) is 0.770. The van der Waals surface area contributed by atoms with Crippen LogP contribution in [0.25, 0.3) is 0 Å². The van der Waals surface area contributed by atoms with Crippen LogP contribution in [0, 0.1) is 11.2 Å². The molecule has 0 atom stereocenters. The van der Waals surface area contributed by atoms with Crippen LogP contribution in [-0.4, -0.2) is 40.0 Å². The van der Waals surface area contributed by atoms with Gasteiger partial charge in [0.25, 0.3) is 0 Å². The summed E-state index contributed by atoms with van der Waals surface area (Å²) >= 11 is 6.23. The van der Waals surface area contributed by atoms with E-state index in [0.29, 0.717) is 31.2 Å². The first-order chi connectivity index (χ1) is 15.0. The van der Waals surface area contributed by atoms with Crippen LogP contribution in [0.4, 0.5) is 15.9 Å². The topological polar surface area (TPSA) is 61.6 Å². The second-order valence-electron chi connectivity index (χ2n) is 8.83. The monoisotopic (exact) mass is 444 g/mol. The fraction of sp³-hybridized carbons (Fsp3) is 0.478. The first-order valence-electron chi connectivity index (χ1n) is 10.9. The molecular weight excluding hydrogens is 419 g/mol. The molecule has 0 radical (unpaired) electrons. The summed E-state index contributed by atoms with van der Waals surface area (Å²) in [5.41, 5.74) is 1.40. The number of aliphatic hydroxyl groups excluding tert-OH is 1. The highest BCUT2D eigenvalue weighted by atomic mass is 35.5. The third-order valence-electron chi connectivity index (χ3n) is 7.09. The fourth-order valence-electron chi connectivity index (χ4n) is 5.39. The summed E-state index contributed by atoms with van der Waals surface area (Å²) in [6.07, 6.45) is 8.87. The van der Waals surface area contributed by atoms with Crippen LogP contribution in [-0.2, 0) is 11.3 Å². The molecule has 2 fully saturated rings. The summed E-state index contributed by atoms with van der Waals surface area (Å²) in [6, 6.07) is 6.54. The molecule has 31 heavy (non-hydrogen) atoms. The number of aromatic nitrogens is 2. The third-order valence-corrected chi connectivity index (χ3v) is 7.39. The lowest BCUT2D eigenvalue weighted by Gasteiger charge is -2.41. The van der Waals surface area contributed by atoms with E-state index in [1.54, 1.807) is 11.0 Å². The van der Waals surface area contributed by atoms with Gasteiger partial charge in [-0.15, -0.1) is 0 Å². The summed E-state index contributed by atoms with van der Waals surface area (Å²) in [4.78, 5) is 17.4. The van der Waals surface area contributed by atoms with Gasteiger partial charge in [-0.25, -0.2) is 9.07 Å². The van der Waals surface area contributed by atoms with Gasteiger partial charge in [-0.3, -0.25) is 4.79 Å². The molecule has 164 valence electrons. The van der Waals surface area contributed by atoms with E-state index in [9.17, 15) is 14.3 Å². The van der Waals surface area contributed by atoms with E-state index in [2.05, 4.69) is 16.2 Å². The Morgan fingerprint density at radius 1 is 1.23 bits per heavy atom. The van der Waals surface area contributed by atoms with E-state index in [0.717, 1.165) is 43.5 Å². The molecule has 1 saturated carbocycles. The van der Waals surface area contributed by atoms with Gasteiger partial charge in [-0.2, -0.15) is 5.10 Å². The zero-order valence-corrected chi connectivity index (χ0v) is 18.1. The van der Waals surface area contributed by atoms with Gasteiger partial charge >= 0.3 is 0 Å². The van der Waals surface area contributed by atoms with E-state index in [1.165, 1.54) is 12.1 Å². The molecule has 1 aliphatic carbocycles. The Morgan fingerprint density at radius 2 is 2.03 bits per heavy atom. The summed E-state index contributed by atoms with van der Waals surface area (Å²) in [5.74, 6) is 0.782. The zero-order chi connectivity index (χ0) is 21.6. The van der Waals surface area contributed by atoms with Crippen molar-refractivity contribution in [1.82, 2.24) is 9.78 Å². The standard InChI is InChI=1S/C23H26ClFN4O2/c24-19-13-17(25)1-2-20(19)27-11-9-23(22(27)31)7-3-18(4-8-23)28-14-16(6-12-30)15-29-21(28)5-10-26-29/h1-2,5,10,13-14,18,30H,3-4,6-9,11-12,15H2/t18-,23-. The summed E-state index contributed by atoms with van der Waals surface area (Å²) in [5, 5.41) is 14.1. The van der Waals surface area contributed by atoms with Crippen molar-refractivity contribution >= 4 is 29.0 Å². The largest absolute Gasteiger partial charge is 0.396 e. The Labute approximate surface area is 185 Å². The molecule has 2 aliphatic heterocycles. The predicted molar refractivity (Wildman–Crippen MR) is 118 cm³/mol. The fourth-order valence-corrected chi connectivity index (χ4v) is 5.66. The van der Waals surface area contributed by atoms with Gasteiger partial charge < -0.3 is 14.9 Å².